The molecule has 3 aromatic rings. The second kappa shape index (κ2) is 5.30. The van der Waals surface area contributed by atoms with Gasteiger partial charge in [0.25, 0.3) is 5.56 Å². The number of hydrogen-bond acceptors (Lipinski definition) is 6. The summed E-state index contributed by atoms with van der Waals surface area (Å²) in [5.41, 5.74) is -0.795. The van der Waals surface area contributed by atoms with Crippen LogP contribution in [0.1, 0.15) is 32.5 Å². The summed E-state index contributed by atoms with van der Waals surface area (Å²) in [5.74, 6) is 0.857. The topological polar surface area (TPSA) is 101 Å². The molecule has 0 unspecified atom stereocenters. The SMILES string of the molecule is Cn1c(=O)c2c(nc(Cl)n2Cc2nc(C(C)(C)C)no2)n(C)c1=O. The highest BCUT2D eigenvalue weighted by molar-refractivity contribution is 6.29. The number of fused-ring (bicyclic) bond motifs is 1. The fraction of sp³-hybridized carbons (Fsp3) is 0.500. The molecule has 0 aliphatic heterocycles. The Bertz CT molecular complexity index is 1050. The van der Waals surface area contributed by atoms with E-state index in [0.29, 0.717) is 11.7 Å². The minimum Gasteiger partial charge on any atom is -0.337 e. The summed E-state index contributed by atoms with van der Waals surface area (Å²) in [4.78, 5) is 32.9. The van der Waals surface area contributed by atoms with Gasteiger partial charge in [0.2, 0.25) is 11.2 Å². The normalized spacial score (nSPS) is 12.2. The average molecular weight is 353 g/mol. The van der Waals surface area contributed by atoms with Crippen LogP contribution in [0.4, 0.5) is 0 Å². The van der Waals surface area contributed by atoms with E-state index in [1.807, 2.05) is 20.8 Å². The molecule has 0 aliphatic carbocycles. The van der Waals surface area contributed by atoms with Crippen LogP contribution in [0, 0.1) is 0 Å². The number of nitrogens with zero attached hydrogens (tertiary/aromatic N) is 6. The summed E-state index contributed by atoms with van der Waals surface area (Å²) in [7, 11) is 2.93. The van der Waals surface area contributed by atoms with Crippen LogP contribution in [0.5, 0.6) is 0 Å². The van der Waals surface area contributed by atoms with Crippen LogP contribution in [-0.4, -0.2) is 28.8 Å². The van der Waals surface area contributed by atoms with Crippen molar-refractivity contribution in [3.05, 3.63) is 37.8 Å². The summed E-state index contributed by atoms with van der Waals surface area (Å²) >= 11 is 6.16. The van der Waals surface area contributed by atoms with Gasteiger partial charge in [0.1, 0.15) is 6.54 Å². The number of aryl methyl sites for hydroxylation is 1. The van der Waals surface area contributed by atoms with Gasteiger partial charge in [-0.05, 0) is 11.6 Å². The predicted molar refractivity (Wildman–Crippen MR) is 87.3 cm³/mol. The molecule has 10 heteroatoms. The minimum atomic E-state index is -0.483. The van der Waals surface area contributed by atoms with Gasteiger partial charge >= 0.3 is 5.69 Å². The van der Waals surface area contributed by atoms with Crippen molar-refractivity contribution in [1.29, 1.82) is 0 Å². The van der Waals surface area contributed by atoms with Crippen molar-refractivity contribution in [2.75, 3.05) is 0 Å². The van der Waals surface area contributed by atoms with E-state index in [-0.39, 0.29) is 28.4 Å². The highest BCUT2D eigenvalue weighted by Gasteiger charge is 2.23. The first kappa shape index (κ1) is 16.4. The summed E-state index contributed by atoms with van der Waals surface area (Å²) in [6.45, 7) is 5.98. The molecule has 24 heavy (non-hydrogen) atoms. The first-order chi connectivity index (χ1) is 11.1. The second-order valence-electron chi connectivity index (χ2n) is 6.61. The van der Waals surface area contributed by atoms with Gasteiger partial charge in [0.15, 0.2) is 17.0 Å². The summed E-state index contributed by atoms with van der Waals surface area (Å²) in [6, 6.07) is 0. The molecule has 0 aliphatic rings. The Balaban J connectivity index is 2.17. The van der Waals surface area contributed by atoms with E-state index in [1.165, 1.54) is 23.2 Å². The smallest absolute Gasteiger partial charge is 0.332 e. The maximum absolute atomic E-state index is 12.5. The maximum atomic E-state index is 12.5. The average Bonchev–Trinajstić information content (AvgIpc) is 3.09. The van der Waals surface area contributed by atoms with Crippen LogP contribution in [-0.2, 0) is 26.1 Å². The minimum absolute atomic E-state index is 0.0683. The Morgan fingerprint density at radius 3 is 2.38 bits per heavy atom. The molecular formula is C14H17ClN6O3. The first-order valence-electron chi connectivity index (χ1n) is 7.26. The standard InChI is InChI=1S/C14H17ClN6O3/c1-14(2,3)11-16-7(24-18-11)6-21-8-9(17-12(21)15)19(4)13(23)20(5)10(8)22/h6H2,1-5H3. The Morgan fingerprint density at radius 1 is 1.12 bits per heavy atom. The molecule has 0 saturated carbocycles. The molecule has 0 radical (unpaired) electrons. The highest BCUT2D eigenvalue weighted by Crippen LogP contribution is 2.21. The van der Waals surface area contributed by atoms with Gasteiger partial charge in [-0.25, -0.2) is 4.79 Å². The lowest BCUT2D eigenvalue weighted by Gasteiger charge is -2.10. The molecule has 3 aromatic heterocycles. The van der Waals surface area contributed by atoms with Crippen LogP contribution in [0.2, 0.25) is 5.28 Å². The van der Waals surface area contributed by atoms with E-state index in [4.69, 9.17) is 16.1 Å². The van der Waals surface area contributed by atoms with Crippen molar-refractivity contribution < 1.29 is 4.52 Å². The van der Waals surface area contributed by atoms with Crippen molar-refractivity contribution >= 4 is 22.8 Å². The van der Waals surface area contributed by atoms with Gasteiger partial charge in [-0.15, -0.1) is 0 Å². The number of halogens is 1. The van der Waals surface area contributed by atoms with Crippen LogP contribution in [0.15, 0.2) is 14.1 Å². The number of hydrogen-bond donors (Lipinski definition) is 0. The molecule has 0 saturated heterocycles. The quantitative estimate of drug-likeness (QED) is 0.633. The van der Waals surface area contributed by atoms with E-state index >= 15 is 0 Å². The van der Waals surface area contributed by atoms with Crippen LogP contribution in [0.3, 0.4) is 0 Å². The summed E-state index contributed by atoms with van der Waals surface area (Å²) in [5, 5.41) is 4.02. The third-order valence-electron chi connectivity index (χ3n) is 3.73. The van der Waals surface area contributed by atoms with E-state index in [9.17, 15) is 9.59 Å². The molecule has 0 aromatic carbocycles. The van der Waals surface area contributed by atoms with E-state index in [0.717, 1.165) is 4.57 Å². The lowest BCUT2D eigenvalue weighted by atomic mass is 9.96. The highest BCUT2D eigenvalue weighted by atomic mass is 35.5. The van der Waals surface area contributed by atoms with Gasteiger partial charge in [0.05, 0.1) is 0 Å². The van der Waals surface area contributed by atoms with E-state index in [1.54, 1.807) is 0 Å². The van der Waals surface area contributed by atoms with Crippen molar-refractivity contribution in [3.63, 3.8) is 0 Å². The second-order valence-corrected chi connectivity index (χ2v) is 6.94. The van der Waals surface area contributed by atoms with Crippen LogP contribution >= 0.6 is 11.6 Å². The molecule has 0 N–H and O–H groups in total. The molecule has 128 valence electrons. The Labute approximate surface area is 141 Å². The summed E-state index contributed by atoms with van der Waals surface area (Å²) in [6.07, 6.45) is 0. The fourth-order valence-corrected chi connectivity index (χ4v) is 2.55. The number of aromatic nitrogens is 6. The fourth-order valence-electron chi connectivity index (χ4n) is 2.32. The first-order valence-corrected chi connectivity index (χ1v) is 7.64. The zero-order chi connectivity index (χ0) is 17.8. The van der Waals surface area contributed by atoms with Gasteiger partial charge in [-0.3, -0.25) is 18.5 Å². The lowest BCUT2D eigenvalue weighted by Crippen LogP contribution is -2.37. The maximum Gasteiger partial charge on any atom is 0.332 e. The van der Waals surface area contributed by atoms with Gasteiger partial charge < -0.3 is 4.52 Å². The molecule has 9 nitrogen and oxygen atoms in total. The third-order valence-corrected chi connectivity index (χ3v) is 4.02. The largest absolute Gasteiger partial charge is 0.337 e. The van der Waals surface area contributed by atoms with Crippen LogP contribution in [0.25, 0.3) is 11.2 Å². The molecule has 0 atom stereocenters. The summed E-state index contributed by atoms with van der Waals surface area (Å²) < 4.78 is 8.98. The third kappa shape index (κ3) is 2.44. The Kier molecular flexibility index (Phi) is 3.63. The molecule has 0 fully saturated rings. The Morgan fingerprint density at radius 2 is 1.79 bits per heavy atom. The lowest BCUT2D eigenvalue weighted by molar-refractivity contribution is 0.358. The van der Waals surface area contributed by atoms with Crippen molar-refractivity contribution in [2.24, 2.45) is 14.1 Å². The number of rotatable bonds is 2. The molecular weight excluding hydrogens is 336 g/mol. The van der Waals surface area contributed by atoms with Crippen molar-refractivity contribution in [2.45, 2.75) is 32.7 Å². The van der Waals surface area contributed by atoms with E-state index < -0.39 is 11.2 Å². The molecule has 3 heterocycles. The number of imidazole rings is 1. The monoisotopic (exact) mass is 352 g/mol. The zero-order valence-electron chi connectivity index (χ0n) is 14.0. The molecule has 0 spiro atoms. The van der Waals surface area contributed by atoms with Gasteiger partial charge in [0, 0.05) is 19.5 Å². The molecule has 0 bridgehead atoms. The van der Waals surface area contributed by atoms with Crippen molar-refractivity contribution in [1.82, 2.24) is 28.8 Å². The van der Waals surface area contributed by atoms with Crippen LogP contribution < -0.4 is 11.2 Å². The van der Waals surface area contributed by atoms with E-state index in [2.05, 4.69) is 15.1 Å². The van der Waals surface area contributed by atoms with Gasteiger partial charge in [-0.1, -0.05) is 25.9 Å². The Hall–Kier alpha value is -2.42. The van der Waals surface area contributed by atoms with Crippen molar-refractivity contribution in [3.8, 4) is 0 Å². The zero-order valence-corrected chi connectivity index (χ0v) is 14.7. The molecule has 0 amide bonds. The predicted octanol–water partition coefficient (Wildman–Crippen LogP) is 0.816. The van der Waals surface area contributed by atoms with Gasteiger partial charge in [-0.2, -0.15) is 9.97 Å². The molecule has 3 rings (SSSR count).